The molecule has 0 aliphatic heterocycles. The van der Waals surface area contributed by atoms with Crippen LogP contribution >= 0.6 is 0 Å². The Labute approximate surface area is 129 Å². The molecule has 118 valence electrons. The van der Waals surface area contributed by atoms with Crippen molar-refractivity contribution in [1.82, 2.24) is 5.32 Å². The molecule has 0 amide bonds. The molecule has 0 aromatic heterocycles. The van der Waals surface area contributed by atoms with Gasteiger partial charge in [0, 0.05) is 18.2 Å². The van der Waals surface area contributed by atoms with E-state index >= 15 is 0 Å². The van der Waals surface area contributed by atoms with E-state index in [2.05, 4.69) is 32.2 Å². The highest BCUT2D eigenvalue weighted by Gasteiger charge is 2.22. The maximum Gasteiger partial charge on any atom is 0.166 e. The van der Waals surface area contributed by atoms with Gasteiger partial charge in [0.15, 0.2) is 11.5 Å². The fourth-order valence-corrected chi connectivity index (χ4v) is 2.82. The topological polar surface area (TPSA) is 30.5 Å². The van der Waals surface area contributed by atoms with Gasteiger partial charge in [-0.25, -0.2) is 0 Å². The van der Waals surface area contributed by atoms with E-state index in [1.807, 2.05) is 12.1 Å². The molecular formula is C18H29NO2. The first-order valence-electron chi connectivity index (χ1n) is 8.16. The first-order chi connectivity index (χ1) is 10.1. The molecule has 1 fully saturated rings. The number of ether oxygens (including phenoxy) is 2. The fraction of sp³-hybridized carbons (Fsp3) is 0.667. The van der Waals surface area contributed by atoms with Crippen LogP contribution in [0.2, 0.25) is 0 Å². The van der Waals surface area contributed by atoms with Crippen molar-refractivity contribution in [1.29, 1.82) is 0 Å². The summed E-state index contributed by atoms with van der Waals surface area (Å²) in [6.07, 6.45) is 5.15. The molecular weight excluding hydrogens is 262 g/mol. The molecule has 1 aliphatic rings. The Kier molecular flexibility index (Phi) is 5.92. The van der Waals surface area contributed by atoms with Crippen LogP contribution in [-0.4, -0.2) is 19.3 Å². The highest BCUT2D eigenvalue weighted by Crippen LogP contribution is 2.35. The minimum Gasteiger partial charge on any atom is -0.493 e. The van der Waals surface area contributed by atoms with Gasteiger partial charge in [0.25, 0.3) is 0 Å². The number of hydrogen-bond acceptors (Lipinski definition) is 3. The van der Waals surface area contributed by atoms with Crippen molar-refractivity contribution in [3.05, 3.63) is 23.8 Å². The van der Waals surface area contributed by atoms with E-state index in [1.54, 1.807) is 7.11 Å². The van der Waals surface area contributed by atoms with Crippen molar-refractivity contribution in [2.75, 3.05) is 7.11 Å². The molecule has 3 heteroatoms. The highest BCUT2D eigenvalue weighted by atomic mass is 16.5. The summed E-state index contributed by atoms with van der Waals surface area (Å²) in [6, 6.07) is 6.60. The minimum absolute atomic E-state index is 0.329. The average molecular weight is 291 g/mol. The van der Waals surface area contributed by atoms with Crippen molar-refractivity contribution in [2.24, 2.45) is 5.92 Å². The molecule has 3 nitrogen and oxygen atoms in total. The summed E-state index contributed by atoms with van der Waals surface area (Å²) in [5.74, 6) is 2.61. The monoisotopic (exact) mass is 291 g/mol. The Morgan fingerprint density at radius 1 is 1.19 bits per heavy atom. The van der Waals surface area contributed by atoms with Gasteiger partial charge in [-0.3, -0.25) is 0 Å². The Hall–Kier alpha value is -1.22. The maximum atomic E-state index is 6.32. The molecule has 0 heterocycles. The summed E-state index contributed by atoms with van der Waals surface area (Å²) in [6.45, 7) is 7.46. The summed E-state index contributed by atoms with van der Waals surface area (Å²) in [5, 5.41) is 3.46. The van der Waals surface area contributed by atoms with Gasteiger partial charge >= 0.3 is 0 Å². The van der Waals surface area contributed by atoms with Crippen molar-refractivity contribution in [3.8, 4) is 11.5 Å². The van der Waals surface area contributed by atoms with Gasteiger partial charge < -0.3 is 14.8 Å². The van der Waals surface area contributed by atoms with Gasteiger partial charge in [0.1, 0.15) is 0 Å². The smallest absolute Gasteiger partial charge is 0.166 e. The summed E-state index contributed by atoms with van der Waals surface area (Å²) in [7, 11) is 1.71. The van der Waals surface area contributed by atoms with E-state index in [1.165, 1.54) is 18.4 Å². The molecule has 0 bridgehead atoms. The third-order valence-electron chi connectivity index (χ3n) is 4.23. The minimum atomic E-state index is 0.329. The summed E-state index contributed by atoms with van der Waals surface area (Å²) >= 11 is 0. The molecule has 0 atom stereocenters. The Balaban J connectivity index is 2.11. The van der Waals surface area contributed by atoms with Crippen molar-refractivity contribution in [2.45, 2.75) is 65.1 Å². The predicted molar refractivity (Wildman–Crippen MR) is 87.0 cm³/mol. The zero-order chi connectivity index (χ0) is 15.2. The first kappa shape index (κ1) is 16.2. The molecule has 0 spiro atoms. The van der Waals surface area contributed by atoms with Crippen molar-refractivity contribution in [3.63, 3.8) is 0 Å². The molecule has 2 rings (SSSR count). The zero-order valence-electron chi connectivity index (χ0n) is 13.8. The normalized spacial score (nSPS) is 22.3. The van der Waals surface area contributed by atoms with Gasteiger partial charge in [-0.05, 0) is 37.7 Å². The molecule has 1 aromatic carbocycles. The Bertz CT molecular complexity index is 437. The Morgan fingerprint density at radius 3 is 2.52 bits per heavy atom. The lowest BCUT2D eigenvalue weighted by Crippen LogP contribution is -2.25. The van der Waals surface area contributed by atoms with Crippen LogP contribution in [-0.2, 0) is 6.54 Å². The summed E-state index contributed by atoms with van der Waals surface area (Å²) < 4.78 is 11.8. The summed E-state index contributed by atoms with van der Waals surface area (Å²) in [5.41, 5.74) is 1.18. The molecule has 0 saturated heterocycles. The fourth-order valence-electron chi connectivity index (χ4n) is 2.82. The number of nitrogens with one attached hydrogen (secondary N) is 1. The van der Waals surface area contributed by atoms with Crippen molar-refractivity contribution >= 4 is 0 Å². The quantitative estimate of drug-likeness (QED) is 0.854. The first-order valence-corrected chi connectivity index (χ1v) is 8.16. The second-order valence-electron chi connectivity index (χ2n) is 6.48. The number of methoxy groups -OCH3 is 1. The number of hydrogen-bond donors (Lipinski definition) is 1. The predicted octanol–water partition coefficient (Wildman–Crippen LogP) is 4.15. The van der Waals surface area contributed by atoms with Crippen LogP contribution in [0.4, 0.5) is 0 Å². The lowest BCUT2D eigenvalue weighted by molar-refractivity contribution is 0.129. The largest absolute Gasteiger partial charge is 0.493 e. The highest BCUT2D eigenvalue weighted by molar-refractivity contribution is 5.46. The van der Waals surface area contributed by atoms with Crippen LogP contribution in [0.1, 0.15) is 52.0 Å². The van der Waals surface area contributed by atoms with Crippen LogP contribution in [0.15, 0.2) is 18.2 Å². The van der Waals surface area contributed by atoms with E-state index < -0.39 is 0 Å². The van der Waals surface area contributed by atoms with Gasteiger partial charge in [-0.1, -0.05) is 32.9 Å². The summed E-state index contributed by atoms with van der Waals surface area (Å²) in [4.78, 5) is 0. The third-order valence-corrected chi connectivity index (χ3v) is 4.23. The van der Waals surface area contributed by atoms with E-state index in [0.717, 1.165) is 36.8 Å². The van der Waals surface area contributed by atoms with Gasteiger partial charge in [0.2, 0.25) is 0 Å². The van der Waals surface area contributed by atoms with Crippen LogP contribution in [0.3, 0.4) is 0 Å². The molecule has 0 radical (unpaired) electrons. The van der Waals surface area contributed by atoms with Crippen LogP contribution < -0.4 is 14.8 Å². The van der Waals surface area contributed by atoms with E-state index in [-0.39, 0.29) is 0 Å². The third kappa shape index (κ3) is 4.63. The van der Waals surface area contributed by atoms with E-state index in [0.29, 0.717) is 12.1 Å². The van der Waals surface area contributed by atoms with Gasteiger partial charge in [-0.2, -0.15) is 0 Å². The molecule has 1 N–H and O–H groups in total. The number of para-hydroxylation sites is 1. The molecule has 1 aromatic rings. The number of benzene rings is 1. The molecule has 21 heavy (non-hydrogen) atoms. The van der Waals surface area contributed by atoms with Crippen LogP contribution in [0, 0.1) is 5.92 Å². The SMILES string of the molecule is COc1cccc(CNC(C)C)c1OC1CCC(C)CC1. The van der Waals surface area contributed by atoms with E-state index in [9.17, 15) is 0 Å². The van der Waals surface area contributed by atoms with E-state index in [4.69, 9.17) is 9.47 Å². The molecule has 0 unspecified atom stereocenters. The second-order valence-corrected chi connectivity index (χ2v) is 6.48. The standard InChI is InChI=1S/C18H29NO2/c1-13(2)19-12-15-6-5-7-17(20-4)18(15)21-16-10-8-14(3)9-11-16/h5-7,13-14,16,19H,8-12H2,1-4H3. The van der Waals surface area contributed by atoms with Crippen LogP contribution in [0.5, 0.6) is 11.5 Å². The van der Waals surface area contributed by atoms with Gasteiger partial charge in [-0.15, -0.1) is 0 Å². The Morgan fingerprint density at radius 2 is 1.90 bits per heavy atom. The second kappa shape index (κ2) is 7.69. The maximum absolute atomic E-state index is 6.32. The number of rotatable bonds is 6. The average Bonchev–Trinajstić information content (AvgIpc) is 2.48. The lowest BCUT2D eigenvalue weighted by Gasteiger charge is -2.28. The lowest BCUT2D eigenvalue weighted by atomic mass is 9.89. The molecule has 1 aliphatic carbocycles. The zero-order valence-corrected chi connectivity index (χ0v) is 13.8. The van der Waals surface area contributed by atoms with Crippen LogP contribution in [0.25, 0.3) is 0 Å². The van der Waals surface area contributed by atoms with Crippen molar-refractivity contribution < 1.29 is 9.47 Å². The molecule has 1 saturated carbocycles. The van der Waals surface area contributed by atoms with Gasteiger partial charge in [0.05, 0.1) is 13.2 Å².